The molecule has 0 saturated heterocycles. The first-order valence-electron chi connectivity index (χ1n) is 10.7. The fraction of sp³-hybridized carbons (Fsp3) is 0.154. The van der Waals surface area contributed by atoms with Crippen molar-refractivity contribution in [3.05, 3.63) is 99.8 Å². The van der Waals surface area contributed by atoms with Crippen molar-refractivity contribution in [2.45, 2.75) is 31.2 Å². The van der Waals surface area contributed by atoms with Gasteiger partial charge in [-0.25, -0.2) is 4.57 Å². The van der Waals surface area contributed by atoms with Gasteiger partial charge in [0.1, 0.15) is 0 Å². The molecule has 33 heavy (non-hydrogen) atoms. The van der Waals surface area contributed by atoms with Crippen LogP contribution in [0.2, 0.25) is 0 Å². The lowest BCUT2D eigenvalue weighted by Crippen LogP contribution is -2.23. The van der Waals surface area contributed by atoms with Gasteiger partial charge in [0.25, 0.3) is 5.56 Å². The van der Waals surface area contributed by atoms with Crippen LogP contribution in [-0.2, 0) is 0 Å². The topological polar surface area (TPSA) is 69.3 Å². The van der Waals surface area contributed by atoms with Crippen LogP contribution in [0.5, 0.6) is 0 Å². The Labute approximate surface area is 194 Å². The van der Waals surface area contributed by atoms with Gasteiger partial charge in [-0.2, -0.15) is 0 Å². The lowest BCUT2D eigenvalue weighted by atomic mass is 10.1. The Hall–Kier alpha value is -3.71. The van der Waals surface area contributed by atoms with Crippen molar-refractivity contribution < 1.29 is 4.79 Å². The third-order valence-corrected chi connectivity index (χ3v) is 6.81. The number of aryl methyl sites for hydroxylation is 2. The van der Waals surface area contributed by atoms with Crippen LogP contribution < -0.4 is 5.56 Å². The summed E-state index contributed by atoms with van der Waals surface area (Å²) in [5.74, 6) is 0.447. The van der Waals surface area contributed by atoms with Gasteiger partial charge in [-0.15, -0.1) is 10.2 Å². The third kappa shape index (κ3) is 3.54. The fourth-order valence-electron chi connectivity index (χ4n) is 4.16. The number of carbonyl (C=O) groups excluding carboxylic acids is 1. The van der Waals surface area contributed by atoms with Crippen LogP contribution in [0.4, 0.5) is 0 Å². The molecule has 0 radical (unpaired) electrons. The van der Waals surface area contributed by atoms with Gasteiger partial charge in [0, 0.05) is 5.56 Å². The second-order valence-electron chi connectivity index (χ2n) is 8.01. The lowest BCUT2D eigenvalue weighted by molar-refractivity contribution is 0.0994. The average Bonchev–Trinajstić information content (AvgIpc) is 3.24. The Morgan fingerprint density at radius 1 is 0.879 bits per heavy atom. The predicted octanol–water partition coefficient (Wildman–Crippen LogP) is 5.01. The average molecular weight is 455 g/mol. The summed E-state index contributed by atoms with van der Waals surface area (Å²) in [6.07, 6.45) is 0. The van der Waals surface area contributed by atoms with Gasteiger partial charge in [-0.3, -0.25) is 14.0 Å². The molecule has 7 heteroatoms. The van der Waals surface area contributed by atoms with E-state index in [-0.39, 0.29) is 16.6 Å². The first kappa shape index (κ1) is 21.2. The van der Waals surface area contributed by atoms with E-state index in [1.165, 1.54) is 11.8 Å². The van der Waals surface area contributed by atoms with Crippen LogP contribution in [0.25, 0.3) is 22.4 Å². The van der Waals surface area contributed by atoms with Gasteiger partial charge in [-0.1, -0.05) is 72.4 Å². The normalized spacial score (nSPS) is 12.3. The van der Waals surface area contributed by atoms with Crippen LogP contribution in [0.1, 0.15) is 28.4 Å². The first-order valence-corrected chi connectivity index (χ1v) is 11.6. The highest BCUT2D eigenvalue weighted by Gasteiger charge is 2.23. The summed E-state index contributed by atoms with van der Waals surface area (Å²) in [5.41, 5.74) is 3.97. The molecule has 2 aromatic heterocycles. The number of para-hydroxylation sites is 2. The van der Waals surface area contributed by atoms with E-state index in [0.717, 1.165) is 16.8 Å². The number of thioether (sulfide) groups is 1. The van der Waals surface area contributed by atoms with E-state index >= 15 is 0 Å². The number of Topliss-reactive ketones (excluding diaryl/α,β-unsaturated/α-hetero) is 1. The largest absolute Gasteiger partial charge is 0.293 e. The number of fused-ring (bicyclic) bond motifs is 3. The van der Waals surface area contributed by atoms with E-state index in [1.54, 1.807) is 4.57 Å². The van der Waals surface area contributed by atoms with Crippen molar-refractivity contribution in [3.63, 3.8) is 0 Å². The molecule has 0 saturated carbocycles. The summed E-state index contributed by atoms with van der Waals surface area (Å²) in [6, 6.07) is 22.6. The van der Waals surface area contributed by atoms with E-state index in [4.69, 9.17) is 0 Å². The summed E-state index contributed by atoms with van der Waals surface area (Å²) in [6.45, 7) is 5.82. The molecule has 2 heterocycles. The molecular formula is C26H22N4O2S. The predicted molar refractivity (Wildman–Crippen MR) is 132 cm³/mol. The molecule has 0 spiro atoms. The highest BCUT2D eigenvalue weighted by molar-refractivity contribution is 8.00. The number of aromatic nitrogens is 4. The molecule has 5 aromatic rings. The molecule has 1 atom stereocenters. The minimum absolute atomic E-state index is 0.0183. The van der Waals surface area contributed by atoms with Gasteiger partial charge in [0.05, 0.1) is 21.8 Å². The number of carbonyl (C=O) groups is 1. The van der Waals surface area contributed by atoms with Gasteiger partial charge in [0.15, 0.2) is 10.9 Å². The van der Waals surface area contributed by atoms with Crippen LogP contribution in [0.15, 0.2) is 82.7 Å². The molecule has 0 aliphatic carbocycles. The number of hydrogen-bond donors (Lipinski definition) is 0. The van der Waals surface area contributed by atoms with Crippen molar-refractivity contribution >= 4 is 34.2 Å². The zero-order valence-electron chi connectivity index (χ0n) is 18.5. The Bertz CT molecular complexity index is 1550. The van der Waals surface area contributed by atoms with Crippen molar-refractivity contribution in [1.82, 2.24) is 19.2 Å². The summed E-state index contributed by atoms with van der Waals surface area (Å²) in [5, 5.41) is 9.59. The maximum absolute atomic E-state index is 13.6. The molecule has 1 unspecified atom stereocenters. The molecule has 0 aliphatic heterocycles. The van der Waals surface area contributed by atoms with Gasteiger partial charge < -0.3 is 0 Å². The molecule has 0 fully saturated rings. The second kappa shape index (κ2) is 8.33. The van der Waals surface area contributed by atoms with E-state index in [9.17, 15) is 9.59 Å². The minimum Gasteiger partial charge on any atom is -0.293 e. The van der Waals surface area contributed by atoms with Gasteiger partial charge in [-0.05, 0) is 44.0 Å². The van der Waals surface area contributed by atoms with E-state index in [1.807, 2.05) is 98.0 Å². The van der Waals surface area contributed by atoms with Crippen molar-refractivity contribution in [1.29, 1.82) is 0 Å². The molecule has 5 rings (SSSR count). The van der Waals surface area contributed by atoms with Crippen molar-refractivity contribution in [2.75, 3.05) is 0 Å². The number of nitrogens with zero attached hydrogens (tertiary/aromatic N) is 4. The van der Waals surface area contributed by atoms with Crippen LogP contribution in [0.3, 0.4) is 0 Å². The highest BCUT2D eigenvalue weighted by atomic mass is 32.2. The Morgan fingerprint density at radius 3 is 2.27 bits per heavy atom. The third-order valence-electron chi connectivity index (χ3n) is 5.77. The van der Waals surface area contributed by atoms with Crippen molar-refractivity contribution in [2.24, 2.45) is 0 Å². The van der Waals surface area contributed by atoms with E-state index in [2.05, 4.69) is 10.2 Å². The number of benzene rings is 3. The lowest BCUT2D eigenvalue weighted by Gasteiger charge is -2.16. The molecule has 0 bridgehead atoms. The summed E-state index contributed by atoms with van der Waals surface area (Å²) >= 11 is 1.34. The monoisotopic (exact) mass is 454 g/mol. The number of hydrogen-bond acceptors (Lipinski definition) is 5. The molecule has 0 amide bonds. The fourth-order valence-corrected chi connectivity index (χ4v) is 5.10. The molecule has 0 aliphatic rings. The van der Waals surface area contributed by atoms with Crippen LogP contribution in [-0.4, -0.2) is 30.2 Å². The first-order chi connectivity index (χ1) is 16.0. The Morgan fingerprint density at radius 2 is 1.55 bits per heavy atom. The summed E-state index contributed by atoms with van der Waals surface area (Å²) in [7, 11) is 0. The maximum Gasteiger partial charge on any atom is 0.267 e. The molecule has 3 aromatic carbocycles. The highest BCUT2D eigenvalue weighted by Crippen LogP contribution is 2.28. The summed E-state index contributed by atoms with van der Waals surface area (Å²) < 4.78 is 3.51. The Kier molecular flexibility index (Phi) is 5.34. The van der Waals surface area contributed by atoms with Crippen LogP contribution in [0, 0.1) is 13.8 Å². The molecule has 164 valence electrons. The SMILES string of the molecule is Cc1cccc(C)c1-n1c(=O)c2ccccc2n2c(SC(C)C(=O)c3ccccc3)nnc12. The Balaban J connectivity index is 1.73. The second-order valence-corrected chi connectivity index (χ2v) is 9.31. The number of rotatable bonds is 5. The smallest absolute Gasteiger partial charge is 0.267 e. The zero-order chi connectivity index (χ0) is 23.1. The van der Waals surface area contributed by atoms with E-state index < -0.39 is 0 Å². The maximum atomic E-state index is 13.6. The van der Waals surface area contributed by atoms with Gasteiger partial charge in [0.2, 0.25) is 5.78 Å². The quantitative estimate of drug-likeness (QED) is 0.276. The minimum atomic E-state index is -0.376. The van der Waals surface area contributed by atoms with Crippen LogP contribution >= 0.6 is 11.8 Å². The molecular weight excluding hydrogens is 432 g/mol. The zero-order valence-corrected chi connectivity index (χ0v) is 19.3. The van der Waals surface area contributed by atoms with E-state index in [0.29, 0.717) is 27.4 Å². The molecule has 0 N–H and O–H groups in total. The summed E-state index contributed by atoms with van der Waals surface area (Å²) in [4.78, 5) is 26.6. The number of ketones is 1. The van der Waals surface area contributed by atoms with Gasteiger partial charge >= 0.3 is 0 Å². The molecule has 6 nitrogen and oxygen atoms in total. The standard InChI is InChI=1S/C26H22N4O2S/c1-16-10-9-11-17(2)22(16)30-24(32)20-14-7-8-15-21(20)29-25(30)27-28-26(29)33-18(3)23(31)19-12-5-4-6-13-19/h4-15,18H,1-3H3. The van der Waals surface area contributed by atoms with Crippen molar-refractivity contribution in [3.8, 4) is 5.69 Å².